The Morgan fingerprint density at radius 1 is 1.00 bits per heavy atom. The summed E-state index contributed by atoms with van der Waals surface area (Å²) >= 11 is 0. The Hall–Kier alpha value is -2.63. The fourth-order valence-electron chi connectivity index (χ4n) is 1.70. The van der Waals surface area contributed by atoms with Gasteiger partial charge in [0.2, 0.25) is 5.78 Å². The second kappa shape index (κ2) is 8.52. The zero-order valence-electron chi connectivity index (χ0n) is 11.7. The lowest BCUT2D eigenvalue weighted by molar-refractivity contribution is 0.105. The molecule has 0 saturated heterocycles. The van der Waals surface area contributed by atoms with Crippen molar-refractivity contribution in [2.24, 2.45) is 0 Å². The zero-order chi connectivity index (χ0) is 14.8. The van der Waals surface area contributed by atoms with E-state index < -0.39 is 0 Å². The van der Waals surface area contributed by atoms with Gasteiger partial charge in [-0.1, -0.05) is 72.7 Å². The lowest BCUT2D eigenvalue weighted by Crippen LogP contribution is -1.93. The largest absolute Gasteiger partial charge is 0.373 e. The first-order valence-electron chi connectivity index (χ1n) is 6.74. The molecule has 0 aliphatic carbocycles. The molecule has 0 aliphatic heterocycles. The zero-order valence-corrected chi connectivity index (χ0v) is 11.7. The van der Waals surface area contributed by atoms with Gasteiger partial charge < -0.3 is 4.74 Å². The monoisotopic (exact) mass is 276 g/mol. The highest BCUT2D eigenvalue weighted by atomic mass is 16.5. The van der Waals surface area contributed by atoms with Crippen molar-refractivity contribution in [3.05, 3.63) is 83.9 Å². The van der Waals surface area contributed by atoms with Gasteiger partial charge >= 0.3 is 0 Å². The molecule has 2 rings (SSSR count). The minimum Gasteiger partial charge on any atom is -0.373 e. The van der Waals surface area contributed by atoms with Crippen LogP contribution in [0.25, 0.3) is 0 Å². The van der Waals surface area contributed by atoms with Crippen LogP contribution < -0.4 is 0 Å². The Balaban J connectivity index is 1.71. The molecule has 2 aromatic rings. The molecule has 0 heterocycles. The van der Waals surface area contributed by atoms with E-state index in [1.807, 2.05) is 48.5 Å². The number of carbonyl (C=O) groups is 1. The number of Topliss-reactive ketones (excluding diaryl/α,β-unsaturated/α-hetero) is 1. The van der Waals surface area contributed by atoms with Gasteiger partial charge in [0, 0.05) is 5.56 Å². The van der Waals surface area contributed by atoms with Gasteiger partial charge in [-0.05, 0) is 17.6 Å². The fourth-order valence-corrected chi connectivity index (χ4v) is 1.70. The maximum Gasteiger partial charge on any atom is 0.236 e. The van der Waals surface area contributed by atoms with Crippen LogP contribution in [-0.2, 0) is 11.3 Å². The highest BCUT2D eigenvalue weighted by molar-refractivity contribution is 6.09. The molecule has 0 fully saturated rings. The predicted octanol–water partition coefficient (Wildman–Crippen LogP) is 3.65. The van der Waals surface area contributed by atoms with E-state index in [0.29, 0.717) is 18.8 Å². The molecule has 2 aromatic carbocycles. The Morgan fingerprint density at radius 3 is 2.38 bits per heavy atom. The van der Waals surface area contributed by atoms with Gasteiger partial charge in [0.15, 0.2) is 0 Å². The van der Waals surface area contributed by atoms with E-state index in [9.17, 15) is 4.79 Å². The molecular weight excluding hydrogens is 260 g/mol. The van der Waals surface area contributed by atoms with Crippen LogP contribution in [0.2, 0.25) is 0 Å². The van der Waals surface area contributed by atoms with Crippen LogP contribution in [0.3, 0.4) is 0 Å². The summed E-state index contributed by atoms with van der Waals surface area (Å²) in [5.41, 5.74) is 1.75. The minimum absolute atomic E-state index is 0.176. The van der Waals surface area contributed by atoms with E-state index in [1.165, 1.54) is 0 Å². The number of ketones is 1. The van der Waals surface area contributed by atoms with Crippen LogP contribution in [0.1, 0.15) is 15.9 Å². The quantitative estimate of drug-likeness (QED) is 0.361. The molecule has 0 aliphatic rings. The summed E-state index contributed by atoms with van der Waals surface area (Å²) in [6.45, 7) is 1.05. The second-order valence-electron chi connectivity index (χ2n) is 4.37. The molecule has 21 heavy (non-hydrogen) atoms. The summed E-state index contributed by atoms with van der Waals surface area (Å²) < 4.78 is 5.47. The van der Waals surface area contributed by atoms with Gasteiger partial charge in [-0.2, -0.15) is 0 Å². The predicted molar refractivity (Wildman–Crippen MR) is 83.8 cm³/mol. The SMILES string of the molecule is O=C(C#C/C=C\COCc1ccccc1)c1ccccc1. The number of allylic oxidation sites excluding steroid dienone is 1. The van der Waals surface area contributed by atoms with Crippen LogP contribution in [0.5, 0.6) is 0 Å². The number of benzene rings is 2. The van der Waals surface area contributed by atoms with Crippen molar-refractivity contribution < 1.29 is 9.53 Å². The summed E-state index contributed by atoms with van der Waals surface area (Å²) in [6, 6.07) is 19.0. The van der Waals surface area contributed by atoms with Gasteiger partial charge in [-0.25, -0.2) is 0 Å². The molecule has 104 valence electrons. The van der Waals surface area contributed by atoms with E-state index in [1.54, 1.807) is 24.3 Å². The minimum atomic E-state index is -0.176. The molecule has 0 N–H and O–H groups in total. The van der Waals surface area contributed by atoms with Crippen molar-refractivity contribution in [1.29, 1.82) is 0 Å². The number of hydrogen-bond acceptors (Lipinski definition) is 2. The Labute approximate surface area is 125 Å². The average Bonchev–Trinajstić information content (AvgIpc) is 2.55. The maximum atomic E-state index is 11.7. The first-order valence-corrected chi connectivity index (χ1v) is 6.74. The number of hydrogen-bond donors (Lipinski definition) is 0. The number of rotatable bonds is 5. The standard InChI is InChI=1S/C19H16O2/c20-19(18-12-6-2-7-13-18)14-8-3-9-15-21-16-17-10-4-1-5-11-17/h1-7,9-13H,15-16H2/b9-3-. The molecule has 0 bridgehead atoms. The number of ether oxygens (including phenoxy) is 1. The van der Waals surface area contributed by atoms with Crippen LogP contribution in [0.15, 0.2) is 72.8 Å². The molecule has 0 unspecified atom stereocenters. The van der Waals surface area contributed by atoms with Gasteiger partial charge in [0.1, 0.15) is 0 Å². The van der Waals surface area contributed by atoms with Gasteiger partial charge in [0.25, 0.3) is 0 Å². The third-order valence-corrected chi connectivity index (χ3v) is 2.75. The third-order valence-electron chi connectivity index (χ3n) is 2.75. The van der Waals surface area contributed by atoms with Crippen LogP contribution in [0.4, 0.5) is 0 Å². The van der Waals surface area contributed by atoms with Crippen LogP contribution in [-0.4, -0.2) is 12.4 Å². The molecule has 0 amide bonds. The van der Waals surface area contributed by atoms with E-state index in [-0.39, 0.29) is 5.78 Å². The number of carbonyl (C=O) groups excluding carboxylic acids is 1. The summed E-state index contributed by atoms with van der Waals surface area (Å²) in [4.78, 5) is 11.7. The summed E-state index contributed by atoms with van der Waals surface area (Å²) in [6.07, 6.45) is 3.44. The first kappa shape index (κ1) is 14.8. The Kier molecular flexibility index (Phi) is 6.00. The molecule has 0 atom stereocenters. The summed E-state index contributed by atoms with van der Waals surface area (Å²) in [5.74, 6) is 5.12. The Bertz CT molecular complexity index is 646. The van der Waals surface area contributed by atoms with Crippen LogP contribution >= 0.6 is 0 Å². The topological polar surface area (TPSA) is 26.3 Å². The van der Waals surface area contributed by atoms with Gasteiger partial charge in [0.05, 0.1) is 13.2 Å². The molecular formula is C19H16O2. The summed E-state index contributed by atoms with van der Waals surface area (Å²) in [7, 11) is 0. The van der Waals surface area contributed by atoms with Crippen molar-refractivity contribution >= 4 is 5.78 Å². The molecule has 0 radical (unpaired) electrons. The molecule has 0 spiro atoms. The smallest absolute Gasteiger partial charge is 0.236 e. The lowest BCUT2D eigenvalue weighted by Gasteiger charge is -1.99. The normalized spacial score (nSPS) is 10.1. The van der Waals surface area contributed by atoms with Gasteiger partial charge in [-0.15, -0.1) is 0 Å². The van der Waals surface area contributed by atoms with Crippen molar-refractivity contribution in [3.63, 3.8) is 0 Å². The van der Waals surface area contributed by atoms with E-state index in [4.69, 9.17) is 4.74 Å². The second-order valence-corrected chi connectivity index (χ2v) is 4.37. The van der Waals surface area contributed by atoms with E-state index in [0.717, 1.165) is 5.56 Å². The maximum absolute atomic E-state index is 11.7. The fraction of sp³-hybridized carbons (Fsp3) is 0.105. The highest BCUT2D eigenvalue weighted by Crippen LogP contribution is 2.00. The first-order chi connectivity index (χ1) is 10.4. The third kappa shape index (κ3) is 5.48. The Morgan fingerprint density at radius 2 is 1.67 bits per heavy atom. The van der Waals surface area contributed by atoms with Crippen molar-refractivity contribution in [2.45, 2.75) is 6.61 Å². The van der Waals surface area contributed by atoms with Crippen molar-refractivity contribution in [3.8, 4) is 11.8 Å². The van der Waals surface area contributed by atoms with Crippen molar-refractivity contribution in [2.75, 3.05) is 6.61 Å². The summed E-state index contributed by atoms with van der Waals surface area (Å²) in [5, 5.41) is 0. The molecule has 0 aromatic heterocycles. The van der Waals surface area contributed by atoms with Crippen LogP contribution in [0, 0.1) is 11.8 Å². The molecule has 2 heteroatoms. The lowest BCUT2D eigenvalue weighted by atomic mass is 10.1. The van der Waals surface area contributed by atoms with E-state index >= 15 is 0 Å². The van der Waals surface area contributed by atoms with Crippen molar-refractivity contribution in [1.82, 2.24) is 0 Å². The van der Waals surface area contributed by atoms with Gasteiger partial charge in [-0.3, -0.25) is 4.79 Å². The molecule has 0 saturated carbocycles. The average molecular weight is 276 g/mol. The van der Waals surface area contributed by atoms with E-state index in [2.05, 4.69) is 11.8 Å². The highest BCUT2D eigenvalue weighted by Gasteiger charge is 1.98. The molecule has 2 nitrogen and oxygen atoms in total.